The maximum absolute atomic E-state index is 11.8. The molecule has 1 aliphatic carbocycles. The third-order valence-electron chi connectivity index (χ3n) is 3.48. The molecule has 20 heavy (non-hydrogen) atoms. The van der Waals surface area contributed by atoms with Crippen LogP contribution in [0.1, 0.15) is 42.5 Å². The zero-order valence-electron chi connectivity index (χ0n) is 11.4. The van der Waals surface area contributed by atoms with Gasteiger partial charge in [-0.2, -0.15) is 0 Å². The van der Waals surface area contributed by atoms with Gasteiger partial charge in [-0.3, -0.25) is 9.59 Å². The molecule has 1 aromatic rings. The summed E-state index contributed by atoms with van der Waals surface area (Å²) in [6.45, 7) is -0.0964. The van der Waals surface area contributed by atoms with E-state index in [2.05, 4.69) is 5.32 Å². The second-order valence-corrected chi connectivity index (χ2v) is 5.05. The van der Waals surface area contributed by atoms with E-state index in [1.807, 2.05) is 0 Å². The second kappa shape index (κ2) is 6.93. The van der Waals surface area contributed by atoms with E-state index in [9.17, 15) is 9.59 Å². The number of ether oxygens (including phenoxy) is 1. The number of amides is 2. The van der Waals surface area contributed by atoms with Crippen LogP contribution < -0.4 is 15.8 Å². The maximum Gasteiger partial charge on any atom is 0.258 e. The number of para-hydroxylation sites is 1. The van der Waals surface area contributed by atoms with E-state index in [1.54, 1.807) is 24.3 Å². The first-order chi connectivity index (χ1) is 9.66. The molecular formula is C15H20N2O3. The molecule has 5 nitrogen and oxygen atoms in total. The van der Waals surface area contributed by atoms with Crippen LogP contribution in [0.15, 0.2) is 24.3 Å². The van der Waals surface area contributed by atoms with Gasteiger partial charge < -0.3 is 15.8 Å². The highest BCUT2D eigenvalue weighted by Gasteiger charge is 2.16. The number of carbonyl (C=O) groups excluding carboxylic acids is 2. The van der Waals surface area contributed by atoms with Crippen molar-refractivity contribution >= 4 is 11.8 Å². The van der Waals surface area contributed by atoms with Crippen molar-refractivity contribution in [1.82, 2.24) is 5.32 Å². The number of primary amides is 1. The fraction of sp³-hybridized carbons (Fsp3) is 0.467. The molecule has 1 aromatic carbocycles. The van der Waals surface area contributed by atoms with E-state index >= 15 is 0 Å². The van der Waals surface area contributed by atoms with E-state index in [0.29, 0.717) is 5.75 Å². The Bertz CT molecular complexity index is 482. The van der Waals surface area contributed by atoms with Crippen LogP contribution in [0.25, 0.3) is 0 Å². The van der Waals surface area contributed by atoms with Crippen LogP contribution in [0.4, 0.5) is 0 Å². The lowest BCUT2D eigenvalue weighted by Gasteiger charge is -2.22. The van der Waals surface area contributed by atoms with Crippen molar-refractivity contribution in [3.05, 3.63) is 29.8 Å². The van der Waals surface area contributed by atoms with Crippen LogP contribution in [0.5, 0.6) is 5.75 Å². The molecule has 0 heterocycles. The average molecular weight is 276 g/mol. The van der Waals surface area contributed by atoms with Crippen LogP contribution >= 0.6 is 0 Å². The predicted molar refractivity (Wildman–Crippen MR) is 75.5 cm³/mol. The number of carbonyl (C=O) groups is 2. The molecule has 5 heteroatoms. The minimum absolute atomic E-state index is 0.0964. The van der Waals surface area contributed by atoms with Crippen LogP contribution in [0.3, 0.4) is 0 Å². The van der Waals surface area contributed by atoms with E-state index in [1.165, 1.54) is 6.42 Å². The summed E-state index contributed by atoms with van der Waals surface area (Å²) in [5.74, 6) is -0.372. The van der Waals surface area contributed by atoms with Gasteiger partial charge in [-0.1, -0.05) is 31.4 Å². The lowest BCUT2D eigenvalue weighted by molar-refractivity contribution is -0.124. The van der Waals surface area contributed by atoms with Gasteiger partial charge in [0, 0.05) is 6.04 Å². The number of benzene rings is 1. The Morgan fingerprint density at radius 2 is 1.90 bits per heavy atom. The topological polar surface area (TPSA) is 81.4 Å². The Labute approximate surface area is 118 Å². The third kappa shape index (κ3) is 3.98. The molecule has 0 aromatic heterocycles. The lowest BCUT2D eigenvalue weighted by Crippen LogP contribution is -2.39. The summed E-state index contributed by atoms with van der Waals surface area (Å²) in [6.07, 6.45) is 5.63. The fourth-order valence-electron chi connectivity index (χ4n) is 2.46. The smallest absolute Gasteiger partial charge is 0.258 e. The van der Waals surface area contributed by atoms with Gasteiger partial charge in [0.15, 0.2) is 6.61 Å². The lowest BCUT2D eigenvalue weighted by atomic mass is 9.95. The Kier molecular flexibility index (Phi) is 4.98. The Balaban J connectivity index is 1.85. The van der Waals surface area contributed by atoms with Crippen LogP contribution in [-0.2, 0) is 4.79 Å². The highest BCUT2D eigenvalue weighted by atomic mass is 16.5. The summed E-state index contributed by atoms with van der Waals surface area (Å²) in [6, 6.07) is 6.91. The van der Waals surface area contributed by atoms with Crippen molar-refractivity contribution in [3.63, 3.8) is 0 Å². The molecule has 2 amide bonds. The molecule has 0 unspecified atom stereocenters. The molecule has 2 rings (SSSR count). The molecule has 1 fully saturated rings. The largest absolute Gasteiger partial charge is 0.483 e. The molecular weight excluding hydrogens is 256 g/mol. The quantitative estimate of drug-likeness (QED) is 0.857. The molecule has 0 radical (unpaired) electrons. The van der Waals surface area contributed by atoms with Gasteiger partial charge in [-0.15, -0.1) is 0 Å². The van der Waals surface area contributed by atoms with Crippen LogP contribution in [0.2, 0.25) is 0 Å². The second-order valence-electron chi connectivity index (χ2n) is 5.05. The summed E-state index contributed by atoms with van der Waals surface area (Å²) in [7, 11) is 0. The minimum atomic E-state index is -0.562. The van der Waals surface area contributed by atoms with Gasteiger partial charge in [0.2, 0.25) is 0 Å². The van der Waals surface area contributed by atoms with Crippen LogP contribution in [-0.4, -0.2) is 24.5 Å². The van der Waals surface area contributed by atoms with E-state index in [4.69, 9.17) is 10.5 Å². The third-order valence-corrected chi connectivity index (χ3v) is 3.48. The summed E-state index contributed by atoms with van der Waals surface area (Å²) in [5, 5.41) is 2.96. The molecule has 0 aliphatic heterocycles. The molecule has 0 atom stereocenters. The molecule has 0 saturated heterocycles. The predicted octanol–water partition coefficient (Wildman–Crippen LogP) is 1.61. The molecule has 108 valence electrons. The monoisotopic (exact) mass is 276 g/mol. The van der Waals surface area contributed by atoms with Crippen molar-refractivity contribution in [3.8, 4) is 5.75 Å². The Morgan fingerprint density at radius 1 is 1.20 bits per heavy atom. The van der Waals surface area contributed by atoms with Crippen LogP contribution in [0, 0.1) is 0 Å². The van der Waals surface area contributed by atoms with E-state index < -0.39 is 5.91 Å². The first kappa shape index (κ1) is 14.4. The van der Waals surface area contributed by atoms with Gasteiger partial charge in [0.05, 0.1) is 5.56 Å². The molecule has 0 spiro atoms. The van der Waals surface area contributed by atoms with Crippen molar-refractivity contribution in [1.29, 1.82) is 0 Å². The highest BCUT2D eigenvalue weighted by molar-refractivity contribution is 5.95. The first-order valence-electron chi connectivity index (χ1n) is 6.98. The summed E-state index contributed by atoms with van der Waals surface area (Å²) < 4.78 is 5.39. The van der Waals surface area contributed by atoms with E-state index in [0.717, 1.165) is 25.7 Å². The number of rotatable bonds is 5. The number of nitrogens with one attached hydrogen (secondary N) is 1. The minimum Gasteiger partial charge on any atom is -0.483 e. The van der Waals surface area contributed by atoms with Crippen molar-refractivity contribution in [2.45, 2.75) is 38.1 Å². The SMILES string of the molecule is NC(=O)c1ccccc1OCC(=O)NC1CCCCC1. The molecule has 1 saturated carbocycles. The molecule has 3 N–H and O–H groups in total. The highest BCUT2D eigenvalue weighted by Crippen LogP contribution is 2.18. The van der Waals surface area contributed by atoms with Crippen molar-refractivity contribution in [2.75, 3.05) is 6.61 Å². The van der Waals surface area contributed by atoms with Gasteiger partial charge in [0.1, 0.15) is 5.75 Å². The average Bonchev–Trinajstić information content (AvgIpc) is 2.46. The number of nitrogens with two attached hydrogens (primary N) is 1. The Morgan fingerprint density at radius 3 is 2.60 bits per heavy atom. The fourth-order valence-corrected chi connectivity index (χ4v) is 2.46. The van der Waals surface area contributed by atoms with Crippen molar-refractivity contribution in [2.24, 2.45) is 5.73 Å². The summed E-state index contributed by atoms with van der Waals surface area (Å²) in [4.78, 5) is 23.0. The normalized spacial score (nSPS) is 15.6. The van der Waals surface area contributed by atoms with Gasteiger partial charge in [0.25, 0.3) is 11.8 Å². The number of hydrogen-bond acceptors (Lipinski definition) is 3. The van der Waals surface area contributed by atoms with Crippen molar-refractivity contribution < 1.29 is 14.3 Å². The summed E-state index contributed by atoms with van der Waals surface area (Å²) in [5.41, 5.74) is 5.54. The molecule has 0 bridgehead atoms. The number of hydrogen-bond donors (Lipinski definition) is 2. The van der Waals surface area contributed by atoms with Gasteiger partial charge >= 0.3 is 0 Å². The van der Waals surface area contributed by atoms with Gasteiger partial charge in [-0.25, -0.2) is 0 Å². The summed E-state index contributed by atoms with van der Waals surface area (Å²) >= 11 is 0. The van der Waals surface area contributed by atoms with E-state index in [-0.39, 0.29) is 24.1 Å². The molecule has 1 aliphatic rings. The van der Waals surface area contributed by atoms with Gasteiger partial charge in [-0.05, 0) is 25.0 Å². The zero-order valence-corrected chi connectivity index (χ0v) is 11.4. The maximum atomic E-state index is 11.8. The Hall–Kier alpha value is -2.04. The standard InChI is InChI=1S/C15H20N2O3/c16-15(19)12-8-4-5-9-13(12)20-10-14(18)17-11-6-2-1-3-7-11/h4-5,8-9,11H,1-3,6-7,10H2,(H2,16,19)(H,17,18). The first-order valence-corrected chi connectivity index (χ1v) is 6.98. The zero-order chi connectivity index (χ0) is 14.4.